The lowest BCUT2D eigenvalue weighted by molar-refractivity contribution is 0.194. The number of benzene rings is 1. The Morgan fingerprint density at radius 1 is 1.36 bits per heavy atom. The highest BCUT2D eigenvalue weighted by atomic mass is 19.1. The van der Waals surface area contributed by atoms with Gasteiger partial charge in [0.05, 0.1) is 13.2 Å². The van der Waals surface area contributed by atoms with Crippen LogP contribution in [-0.2, 0) is 6.42 Å². The quantitative estimate of drug-likeness (QED) is 0.811. The van der Waals surface area contributed by atoms with Gasteiger partial charge in [-0.05, 0) is 18.6 Å². The van der Waals surface area contributed by atoms with Gasteiger partial charge in [-0.3, -0.25) is 0 Å². The number of rotatable bonds is 3. The SMILES string of the molecule is COc1cc(CC(C)O)c(F)cc1F. The van der Waals surface area contributed by atoms with Crippen molar-refractivity contribution in [3.8, 4) is 5.75 Å². The summed E-state index contributed by atoms with van der Waals surface area (Å²) in [5, 5.41) is 9.06. The molecule has 4 heteroatoms. The standard InChI is InChI=1S/C10H12F2O2/c1-6(13)3-7-4-10(14-2)9(12)5-8(7)11/h4-6,13H,3H2,1-2H3. The average Bonchev–Trinajstić information content (AvgIpc) is 2.09. The van der Waals surface area contributed by atoms with E-state index in [2.05, 4.69) is 0 Å². The molecule has 0 saturated carbocycles. The van der Waals surface area contributed by atoms with Crippen LogP contribution in [0.25, 0.3) is 0 Å². The van der Waals surface area contributed by atoms with Crippen molar-refractivity contribution in [1.82, 2.24) is 0 Å². The molecule has 0 spiro atoms. The molecule has 1 aromatic carbocycles. The van der Waals surface area contributed by atoms with E-state index < -0.39 is 17.7 Å². The summed E-state index contributed by atoms with van der Waals surface area (Å²) in [6.45, 7) is 1.54. The van der Waals surface area contributed by atoms with Crippen LogP contribution in [0.1, 0.15) is 12.5 Å². The lowest BCUT2D eigenvalue weighted by Gasteiger charge is -2.08. The minimum absolute atomic E-state index is 0.0120. The monoisotopic (exact) mass is 202 g/mol. The van der Waals surface area contributed by atoms with Gasteiger partial charge in [-0.25, -0.2) is 8.78 Å². The molecule has 1 atom stereocenters. The minimum Gasteiger partial charge on any atom is -0.494 e. The van der Waals surface area contributed by atoms with E-state index in [4.69, 9.17) is 9.84 Å². The van der Waals surface area contributed by atoms with Crippen molar-refractivity contribution in [3.05, 3.63) is 29.3 Å². The summed E-state index contributed by atoms with van der Waals surface area (Å²) in [4.78, 5) is 0. The molecule has 0 saturated heterocycles. The number of aliphatic hydroxyl groups excluding tert-OH is 1. The number of hydrogen-bond donors (Lipinski definition) is 1. The molecule has 1 rings (SSSR count). The Labute approximate surface area is 81.1 Å². The first-order valence-corrected chi connectivity index (χ1v) is 4.24. The van der Waals surface area contributed by atoms with E-state index in [-0.39, 0.29) is 17.7 Å². The van der Waals surface area contributed by atoms with E-state index >= 15 is 0 Å². The molecule has 0 aliphatic carbocycles. The summed E-state index contributed by atoms with van der Waals surface area (Å²) in [5.74, 6) is -1.41. The summed E-state index contributed by atoms with van der Waals surface area (Å²) in [5.41, 5.74) is 0.248. The van der Waals surface area contributed by atoms with E-state index in [1.165, 1.54) is 20.1 Å². The smallest absolute Gasteiger partial charge is 0.167 e. The molecule has 0 radical (unpaired) electrons. The Kier molecular flexibility index (Phi) is 3.41. The summed E-state index contributed by atoms with van der Waals surface area (Å²) in [6.07, 6.45) is -0.526. The van der Waals surface area contributed by atoms with Crippen LogP contribution in [0.5, 0.6) is 5.75 Å². The maximum Gasteiger partial charge on any atom is 0.167 e. The zero-order valence-corrected chi connectivity index (χ0v) is 8.05. The Balaban J connectivity index is 3.04. The topological polar surface area (TPSA) is 29.5 Å². The Bertz CT molecular complexity index is 324. The van der Waals surface area contributed by atoms with Gasteiger partial charge >= 0.3 is 0 Å². The van der Waals surface area contributed by atoms with Gasteiger partial charge in [-0.1, -0.05) is 0 Å². The Hall–Kier alpha value is -1.16. The van der Waals surface area contributed by atoms with Gasteiger partial charge in [0.1, 0.15) is 5.82 Å². The van der Waals surface area contributed by atoms with Crippen molar-refractivity contribution in [2.24, 2.45) is 0 Å². The lowest BCUT2D eigenvalue weighted by Crippen LogP contribution is -2.07. The van der Waals surface area contributed by atoms with Crippen LogP contribution in [0.3, 0.4) is 0 Å². The number of ether oxygens (including phenoxy) is 1. The molecule has 14 heavy (non-hydrogen) atoms. The largest absolute Gasteiger partial charge is 0.494 e. The van der Waals surface area contributed by atoms with Crippen LogP contribution >= 0.6 is 0 Å². The molecule has 1 aromatic rings. The minimum atomic E-state index is -0.737. The molecule has 78 valence electrons. The highest BCUT2D eigenvalue weighted by Crippen LogP contribution is 2.22. The zero-order chi connectivity index (χ0) is 10.7. The van der Waals surface area contributed by atoms with Crippen LogP contribution in [-0.4, -0.2) is 18.3 Å². The third-order valence-electron chi connectivity index (χ3n) is 1.84. The molecular weight excluding hydrogens is 190 g/mol. The van der Waals surface area contributed by atoms with Gasteiger partial charge in [0.15, 0.2) is 11.6 Å². The summed E-state index contributed by atoms with van der Waals surface area (Å²) in [7, 11) is 1.31. The highest BCUT2D eigenvalue weighted by Gasteiger charge is 2.11. The van der Waals surface area contributed by atoms with Crippen molar-refractivity contribution in [3.63, 3.8) is 0 Å². The summed E-state index contributed by atoms with van der Waals surface area (Å²) < 4.78 is 30.8. The number of hydrogen-bond acceptors (Lipinski definition) is 2. The van der Waals surface area contributed by atoms with Crippen LogP contribution < -0.4 is 4.74 Å². The predicted molar refractivity (Wildman–Crippen MR) is 48.3 cm³/mol. The first kappa shape index (κ1) is 10.9. The zero-order valence-electron chi connectivity index (χ0n) is 8.05. The Morgan fingerprint density at radius 2 is 2.00 bits per heavy atom. The Morgan fingerprint density at radius 3 is 2.50 bits per heavy atom. The average molecular weight is 202 g/mol. The maximum atomic E-state index is 13.1. The molecule has 1 N–H and O–H groups in total. The molecule has 1 unspecified atom stereocenters. The van der Waals surface area contributed by atoms with Crippen molar-refractivity contribution in [2.75, 3.05) is 7.11 Å². The lowest BCUT2D eigenvalue weighted by atomic mass is 10.1. The normalized spacial score (nSPS) is 12.6. The van der Waals surface area contributed by atoms with Crippen LogP contribution in [0.4, 0.5) is 8.78 Å². The first-order chi connectivity index (χ1) is 6.54. The predicted octanol–water partition coefficient (Wildman–Crippen LogP) is 1.90. The van der Waals surface area contributed by atoms with Crippen LogP contribution in [0, 0.1) is 11.6 Å². The number of methoxy groups -OCH3 is 1. The molecule has 2 nitrogen and oxygen atoms in total. The molecule has 0 amide bonds. The number of aliphatic hydroxyl groups is 1. The fourth-order valence-electron chi connectivity index (χ4n) is 1.20. The van der Waals surface area contributed by atoms with E-state index in [9.17, 15) is 8.78 Å². The van der Waals surface area contributed by atoms with Gasteiger partial charge in [0, 0.05) is 12.5 Å². The molecule has 0 fully saturated rings. The molecule has 0 aliphatic rings. The van der Waals surface area contributed by atoms with E-state index in [0.29, 0.717) is 0 Å². The van der Waals surface area contributed by atoms with Gasteiger partial charge in [0.2, 0.25) is 0 Å². The molecule has 0 heterocycles. The van der Waals surface area contributed by atoms with E-state index in [0.717, 1.165) is 6.07 Å². The second-order valence-electron chi connectivity index (χ2n) is 3.13. The third-order valence-corrected chi connectivity index (χ3v) is 1.84. The molecular formula is C10H12F2O2. The van der Waals surface area contributed by atoms with Gasteiger partial charge in [-0.15, -0.1) is 0 Å². The summed E-state index contributed by atoms with van der Waals surface area (Å²) in [6, 6.07) is 2.02. The van der Waals surface area contributed by atoms with Crippen molar-refractivity contribution < 1.29 is 18.6 Å². The fourth-order valence-corrected chi connectivity index (χ4v) is 1.20. The van der Waals surface area contributed by atoms with E-state index in [1.54, 1.807) is 0 Å². The van der Waals surface area contributed by atoms with Gasteiger partial charge in [-0.2, -0.15) is 0 Å². The van der Waals surface area contributed by atoms with Crippen molar-refractivity contribution in [1.29, 1.82) is 0 Å². The fraction of sp³-hybridized carbons (Fsp3) is 0.400. The van der Waals surface area contributed by atoms with Gasteiger partial charge < -0.3 is 9.84 Å². The van der Waals surface area contributed by atoms with Crippen LogP contribution in [0.15, 0.2) is 12.1 Å². The second kappa shape index (κ2) is 4.37. The highest BCUT2D eigenvalue weighted by molar-refractivity contribution is 5.31. The molecule has 0 aliphatic heterocycles. The van der Waals surface area contributed by atoms with Crippen molar-refractivity contribution >= 4 is 0 Å². The second-order valence-corrected chi connectivity index (χ2v) is 3.13. The first-order valence-electron chi connectivity index (χ1n) is 4.24. The molecule has 0 bridgehead atoms. The maximum absolute atomic E-state index is 13.1. The third kappa shape index (κ3) is 2.42. The summed E-state index contributed by atoms with van der Waals surface area (Å²) >= 11 is 0. The van der Waals surface area contributed by atoms with E-state index in [1.807, 2.05) is 0 Å². The molecule has 0 aromatic heterocycles. The van der Waals surface area contributed by atoms with Crippen molar-refractivity contribution in [2.45, 2.75) is 19.4 Å². The number of halogens is 2. The van der Waals surface area contributed by atoms with Crippen LogP contribution in [0.2, 0.25) is 0 Å². The van der Waals surface area contributed by atoms with Gasteiger partial charge in [0.25, 0.3) is 0 Å².